The van der Waals surface area contributed by atoms with Gasteiger partial charge in [-0.05, 0) is 12.8 Å². The van der Waals surface area contributed by atoms with Crippen LogP contribution in [0.2, 0.25) is 0 Å². The van der Waals surface area contributed by atoms with Crippen molar-refractivity contribution in [3.8, 4) is 0 Å². The second-order valence-corrected chi connectivity index (χ2v) is 8.07. The van der Waals surface area contributed by atoms with Gasteiger partial charge in [0.25, 0.3) is 0 Å². The number of nitrogens with one attached hydrogen (secondary N) is 4. The van der Waals surface area contributed by atoms with Gasteiger partial charge >= 0.3 is 0 Å². The monoisotopic (exact) mass is 565 g/mol. The van der Waals surface area contributed by atoms with Crippen LogP contribution in [-0.2, 0) is 33.4 Å². The Morgan fingerprint density at radius 1 is 0.686 bits per heavy atom. The second kappa shape index (κ2) is 22.2. The van der Waals surface area contributed by atoms with Crippen molar-refractivity contribution in [2.75, 3.05) is 71.0 Å². The SMILES string of the molecule is CCCC(=O)NCCN(CCNC(=O)CCC)C(=O)CNC(=O)COCCOCCNC(=O)CBr. The summed E-state index contributed by atoms with van der Waals surface area (Å²) in [5.74, 6) is -1.09. The van der Waals surface area contributed by atoms with Gasteiger partial charge in [0, 0.05) is 45.6 Å². The third-order valence-electron chi connectivity index (χ3n) is 4.45. The molecule has 0 radical (unpaired) electrons. The highest BCUT2D eigenvalue weighted by Gasteiger charge is 2.15. The third-order valence-corrected chi connectivity index (χ3v) is 4.96. The second-order valence-electron chi connectivity index (χ2n) is 7.51. The summed E-state index contributed by atoms with van der Waals surface area (Å²) in [4.78, 5) is 60.4. The number of carbonyl (C=O) groups is 5. The molecule has 0 aromatic rings. The Morgan fingerprint density at radius 3 is 1.77 bits per heavy atom. The smallest absolute Gasteiger partial charge is 0.246 e. The average Bonchev–Trinajstić information content (AvgIpc) is 2.83. The van der Waals surface area contributed by atoms with E-state index in [1.54, 1.807) is 0 Å². The molecule has 202 valence electrons. The number of halogens is 1. The quantitative estimate of drug-likeness (QED) is 0.106. The Balaban J connectivity index is 4.25. The van der Waals surface area contributed by atoms with E-state index in [2.05, 4.69) is 37.2 Å². The van der Waals surface area contributed by atoms with Crippen molar-refractivity contribution in [1.82, 2.24) is 26.2 Å². The summed E-state index contributed by atoms with van der Waals surface area (Å²) in [5.41, 5.74) is 0. The molecule has 12 nitrogen and oxygen atoms in total. The summed E-state index contributed by atoms with van der Waals surface area (Å²) in [6.07, 6.45) is 2.28. The molecule has 0 fully saturated rings. The molecule has 0 spiro atoms. The standard InChI is InChI=1S/C22H40BrN5O7/c1-3-5-18(29)24-7-10-28(11-8-25-19(30)6-4-2)22(33)16-27-21(32)17-35-14-13-34-12-9-26-20(31)15-23/h3-17H2,1-2H3,(H,24,29)(H,25,30)(H,26,31)(H,27,32). The zero-order valence-electron chi connectivity index (χ0n) is 20.8. The number of amides is 5. The normalized spacial score (nSPS) is 10.4. The largest absolute Gasteiger partial charge is 0.377 e. The van der Waals surface area contributed by atoms with E-state index >= 15 is 0 Å². The number of alkyl halides is 1. The van der Waals surface area contributed by atoms with Crippen LogP contribution in [0.4, 0.5) is 0 Å². The molecule has 0 heterocycles. The Labute approximate surface area is 215 Å². The fourth-order valence-electron chi connectivity index (χ4n) is 2.68. The summed E-state index contributed by atoms with van der Waals surface area (Å²) >= 11 is 3.04. The molecular weight excluding hydrogens is 526 g/mol. The maximum absolute atomic E-state index is 12.6. The van der Waals surface area contributed by atoms with Crippen LogP contribution < -0.4 is 21.3 Å². The lowest BCUT2D eigenvalue weighted by atomic mass is 10.3. The predicted molar refractivity (Wildman–Crippen MR) is 134 cm³/mol. The maximum Gasteiger partial charge on any atom is 0.246 e. The first-order valence-corrected chi connectivity index (χ1v) is 13.0. The van der Waals surface area contributed by atoms with Gasteiger partial charge in [-0.1, -0.05) is 29.8 Å². The predicted octanol–water partition coefficient (Wildman–Crippen LogP) is -0.692. The fraction of sp³-hybridized carbons (Fsp3) is 0.773. The third kappa shape index (κ3) is 19.7. The summed E-state index contributed by atoms with van der Waals surface area (Å²) in [7, 11) is 0. The first-order chi connectivity index (χ1) is 16.8. The Kier molecular flexibility index (Phi) is 20.8. The van der Waals surface area contributed by atoms with Crippen LogP contribution in [0.15, 0.2) is 0 Å². The Hall–Kier alpha value is -2.25. The zero-order valence-corrected chi connectivity index (χ0v) is 22.4. The van der Waals surface area contributed by atoms with E-state index in [9.17, 15) is 24.0 Å². The van der Waals surface area contributed by atoms with Crippen LogP contribution >= 0.6 is 15.9 Å². The van der Waals surface area contributed by atoms with Gasteiger partial charge in [0.15, 0.2) is 0 Å². The van der Waals surface area contributed by atoms with Crippen LogP contribution in [-0.4, -0.2) is 105 Å². The van der Waals surface area contributed by atoms with Gasteiger partial charge in [-0.25, -0.2) is 0 Å². The topological polar surface area (TPSA) is 155 Å². The first-order valence-electron chi connectivity index (χ1n) is 11.9. The lowest BCUT2D eigenvalue weighted by Gasteiger charge is -2.23. The number of rotatable bonds is 21. The van der Waals surface area contributed by atoms with E-state index in [4.69, 9.17) is 9.47 Å². The first kappa shape index (κ1) is 32.8. The highest BCUT2D eigenvalue weighted by atomic mass is 79.9. The molecule has 0 aromatic heterocycles. The van der Waals surface area contributed by atoms with Crippen LogP contribution in [0, 0.1) is 0 Å². The van der Waals surface area contributed by atoms with E-state index < -0.39 is 5.91 Å². The van der Waals surface area contributed by atoms with Crippen LogP contribution in [0.1, 0.15) is 39.5 Å². The number of ether oxygens (including phenoxy) is 2. The minimum Gasteiger partial charge on any atom is -0.377 e. The molecule has 0 unspecified atom stereocenters. The lowest BCUT2D eigenvalue weighted by Crippen LogP contribution is -2.47. The molecule has 0 aliphatic rings. The van der Waals surface area contributed by atoms with Crippen LogP contribution in [0.5, 0.6) is 0 Å². The van der Waals surface area contributed by atoms with E-state index in [0.717, 1.165) is 12.8 Å². The molecule has 0 bridgehead atoms. The molecule has 4 N–H and O–H groups in total. The Morgan fingerprint density at radius 2 is 1.23 bits per heavy atom. The van der Waals surface area contributed by atoms with Gasteiger partial charge in [-0.15, -0.1) is 0 Å². The molecule has 0 aliphatic carbocycles. The number of carbonyl (C=O) groups excluding carboxylic acids is 5. The van der Waals surface area contributed by atoms with E-state index in [1.165, 1.54) is 4.90 Å². The summed E-state index contributed by atoms with van der Waals surface area (Å²) in [5, 5.41) is 10.9. The lowest BCUT2D eigenvalue weighted by molar-refractivity contribution is -0.134. The average molecular weight is 566 g/mol. The molecule has 0 rings (SSSR count). The molecule has 0 aliphatic heterocycles. The van der Waals surface area contributed by atoms with E-state index in [1.807, 2.05) is 13.8 Å². The molecule has 35 heavy (non-hydrogen) atoms. The van der Waals surface area contributed by atoms with Gasteiger partial charge in [-0.3, -0.25) is 24.0 Å². The summed E-state index contributed by atoms with van der Waals surface area (Å²) in [6.45, 7) is 5.61. The van der Waals surface area contributed by atoms with E-state index in [0.29, 0.717) is 26.0 Å². The van der Waals surface area contributed by atoms with Crippen molar-refractivity contribution in [1.29, 1.82) is 0 Å². The summed E-state index contributed by atoms with van der Waals surface area (Å²) < 4.78 is 10.5. The van der Waals surface area contributed by atoms with Crippen molar-refractivity contribution >= 4 is 45.5 Å². The molecule has 0 saturated carbocycles. The zero-order chi connectivity index (χ0) is 26.3. The van der Waals surface area contributed by atoms with Crippen molar-refractivity contribution in [3.05, 3.63) is 0 Å². The maximum atomic E-state index is 12.6. The molecule has 0 aromatic carbocycles. The Bertz CT molecular complexity index is 628. The fourth-order valence-corrected chi connectivity index (χ4v) is 2.88. The molecular formula is C22H40BrN5O7. The van der Waals surface area contributed by atoms with Gasteiger partial charge in [0.05, 0.1) is 31.7 Å². The van der Waals surface area contributed by atoms with Gasteiger partial charge in [0.1, 0.15) is 6.61 Å². The molecule has 0 saturated heterocycles. The highest BCUT2D eigenvalue weighted by Crippen LogP contribution is 1.92. The molecule has 13 heteroatoms. The summed E-state index contributed by atoms with van der Waals surface area (Å²) in [6, 6.07) is 0. The van der Waals surface area contributed by atoms with Crippen molar-refractivity contribution in [2.45, 2.75) is 39.5 Å². The number of nitrogens with zero attached hydrogens (tertiary/aromatic N) is 1. The van der Waals surface area contributed by atoms with Crippen LogP contribution in [0.25, 0.3) is 0 Å². The van der Waals surface area contributed by atoms with Crippen molar-refractivity contribution in [3.63, 3.8) is 0 Å². The van der Waals surface area contributed by atoms with Gasteiger partial charge in [0.2, 0.25) is 29.5 Å². The van der Waals surface area contributed by atoms with Crippen LogP contribution in [0.3, 0.4) is 0 Å². The molecule has 0 atom stereocenters. The van der Waals surface area contributed by atoms with Gasteiger partial charge in [-0.2, -0.15) is 0 Å². The number of hydrogen-bond acceptors (Lipinski definition) is 7. The minimum absolute atomic E-state index is 0.0886. The van der Waals surface area contributed by atoms with Gasteiger partial charge < -0.3 is 35.6 Å². The highest BCUT2D eigenvalue weighted by molar-refractivity contribution is 9.09. The van der Waals surface area contributed by atoms with E-state index in [-0.39, 0.29) is 81.5 Å². The van der Waals surface area contributed by atoms with Crippen molar-refractivity contribution in [2.24, 2.45) is 0 Å². The minimum atomic E-state index is -0.449. The molecule has 5 amide bonds. The number of hydrogen-bond donors (Lipinski definition) is 4. The van der Waals surface area contributed by atoms with Crippen molar-refractivity contribution < 1.29 is 33.4 Å².